The van der Waals surface area contributed by atoms with Crippen molar-refractivity contribution in [2.24, 2.45) is 7.05 Å². The number of ether oxygens (including phenoxy) is 1. The summed E-state index contributed by atoms with van der Waals surface area (Å²) in [6.45, 7) is 0.351. The third kappa shape index (κ3) is 4.90. The zero-order valence-corrected chi connectivity index (χ0v) is 18.6. The number of thioether (sulfide) groups is 1. The van der Waals surface area contributed by atoms with Crippen LogP contribution in [0.3, 0.4) is 0 Å². The Morgan fingerprint density at radius 3 is 2.66 bits per heavy atom. The average Bonchev–Trinajstić information content (AvgIpc) is 3.10. The summed E-state index contributed by atoms with van der Waals surface area (Å²) >= 11 is 4.77. The maximum absolute atomic E-state index is 12.4. The second-order valence-electron chi connectivity index (χ2n) is 7.10. The van der Waals surface area contributed by atoms with E-state index in [2.05, 4.69) is 38.3 Å². The summed E-state index contributed by atoms with van der Waals surface area (Å²) in [5.74, 6) is 1.99. The first kappa shape index (κ1) is 20.2. The standard InChI is InChI=1S/C22H22BrN3O2S/c1-26-21(13-28-19-11-8-15-4-2-3-5-17(15)12-19)24-25-22(26)29-14-20(27)16-6-9-18(23)10-7-16/h6-12H,2-5,13-14H2,1H3. The van der Waals surface area contributed by atoms with Gasteiger partial charge < -0.3 is 9.30 Å². The van der Waals surface area contributed by atoms with Crippen molar-refractivity contribution in [1.29, 1.82) is 0 Å². The monoisotopic (exact) mass is 471 g/mol. The molecule has 0 saturated carbocycles. The molecule has 150 valence electrons. The maximum Gasteiger partial charge on any atom is 0.191 e. The number of hydrogen-bond donors (Lipinski definition) is 0. The molecule has 0 unspecified atom stereocenters. The summed E-state index contributed by atoms with van der Waals surface area (Å²) in [6.07, 6.45) is 4.82. The van der Waals surface area contributed by atoms with Crippen molar-refractivity contribution in [2.75, 3.05) is 5.75 Å². The minimum atomic E-state index is 0.0670. The number of aromatic nitrogens is 3. The number of Topliss-reactive ketones (excluding diaryl/α,β-unsaturated/α-hetero) is 1. The van der Waals surface area contributed by atoms with Gasteiger partial charge >= 0.3 is 0 Å². The molecule has 0 bridgehead atoms. The average molecular weight is 472 g/mol. The number of halogens is 1. The first-order valence-corrected chi connectivity index (χ1v) is 11.4. The fourth-order valence-corrected chi connectivity index (χ4v) is 4.48. The molecule has 0 radical (unpaired) electrons. The highest BCUT2D eigenvalue weighted by molar-refractivity contribution is 9.10. The number of aryl methyl sites for hydroxylation is 2. The van der Waals surface area contributed by atoms with E-state index >= 15 is 0 Å². The molecule has 1 aliphatic rings. The molecule has 1 aromatic heterocycles. The van der Waals surface area contributed by atoms with E-state index < -0.39 is 0 Å². The minimum absolute atomic E-state index is 0.0670. The molecule has 0 N–H and O–H groups in total. The number of benzene rings is 2. The van der Waals surface area contributed by atoms with E-state index in [0.29, 0.717) is 23.1 Å². The van der Waals surface area contributed by atoms with Crippen molar-refractivity contribution in [3.8, 4) is 5.75 Å². The van der Waals surface area contributed by atoms with Gasteiger partial charge in [0.2, 0.25) is 0 Å². The number of carbonyl (C=O) groups is 1. The largest absolute Gasteiger partial charge is 0.486 e. The molecule has 1 heterocycles. The summed E-state index contributed by atoms with van der Waals surface area (Å²) in [5.41, 5.74) is 3.53. The van der Waals surface area contributed by atoms with E-state index in [1.807, 2.05) is 41.9 Å². The molecule has 0 atom stereocenters. The molecule has 4 rings (SSSR count). The lowest BCUT2D eigenvalue weighted by atomic mass is 9.92. The molecule has 2 aromatic carbocycles. The van der Waals surface area contributed by atoms with E-state index in [0.717, 1.165) is 22.5 Å². The lowest BCUT2D eigenvalue weighted by Gasteiger charge is -2.16. The zero-order valence-electron chi connectivity index (χ0n) is 16.2. The first-order chi connectivity index (χ1) is 14.1. The van der Waals surface area contributed by atoms with Crippen LogP contribution in [0.1, 0.15) is 40.2 Å². The van der Waals surface area contributed by atoms with Crippen molar-refractivity contribution < 1.29 is 9.53 Å². The van der Waals surface area contributed by atoms with Gasteiger partial charge in [-0.05, 0) is 61.1 Å². The lowest BCUT2D eigenvalue weighted by molar-refractivity contribution is 0.102. The molecule has 0 spiro atoms. The number of rotatable bonds is 7. The summed E-state index contributed by atoms with van der Waals surface area (Å²) in [6, 6.07) is 13.7. The molecule has 29 heavy (non-hydrogen) atoms. The normalized spacial score (nSPS) is 13.2. The molecule has 0 amide bonds. The smallest absolute Gasteiger partial charge is 0.191 e. The second kappa shape index (κ2) is 9.13. The van der Waals surface area contributed by atoms with Gasteiger partial charge in [0, 0.05) is 17.1 Å². The van der Waals surface area contributed by atoms with Crippen molar-refractivity contribution in [1.82, 2.24) is 14.8 Å². The number of nitrogens with zero attached hydrogens (tertiary/aromatic N) is 3. The highest BCUT2D eigenvalue weighted by Gasteiger charge is 2.14. The summed E-state index contributed by atoms with van der Waals surface area (Å²) in [4.78, 5) is 12.4. The van der Waals surface area contributed by atoms with Gasteiger partial charge in [-0.1, -0.05) is 45.9 Å². The summed E-state index contributed by atoms with van der Waals surface area (Å²) < 4.78 is 8.80. The predicted octanol–water partition coefficient (Wildman–Crippen LogP) is 5.01. The van der Waals surface area contributed by atoms with E-state index in [9.17, 15) is 4.79 Å². The van der Waals surface area contributed by atoms with Crippen LogP contribution < -0.4 is 4.74 Å². The van der Waals surface area contributed by atoms with Crippen LogP contribution in [0.5, 0.6) is 5.75 Å². The Morgan fingerprint density at radius 1 is 1.10 bits per heavy atom. The lowest BCUT2D eigenvalue weighted by Crippen LogP contribution is -2.07. The van der Waals surface area contributed by atoms with Crippen LogP contribution in [-0.2, 0) is 26.5 Å². The van der Waals surface area contributed by atoms with Gasteiger partial charge in [0.15, 0.2) is 16.8 Å². The maximum atomic E-state index is 12.4. The van der Waals surface area contributed by atoms with Gasteiger partial charge in [0.25, 0.3) is 0 Å². The molecule has 0 aliphatic heterocycles. The molecular formula is C22H22BrN3O2S. The molecule has 7 heteroatoms. The Hall–Kier alpha value is -2.12. The number of fused-ring (bicyclic) bond motifs is 1. The third-order valence-electron chi connectivity index (χ3n) is 5.11. The third-order valence-corrected chi connectivity index (χ3v) is 6.66. The molecule has 0 saturated heterocycles. The van der Waals surface area contributed by atoms with Gasteiger partial charge in [0.05, 0.1) is 5.75 Å². The van der Waals surface area contributed by atoms with E-state index in [4.69, 9.17) is 4.74 Å². The highest BCUT2D eigenvalue weighted by Crippen LogP contribution is 2.26. The van der Waals surface area contributed by atoms with Crippen LogP contribution >= 0.6 is 27.7 Å². The van der Waals surface area contributed by atoms with Crippen molar-refractivity contribution >= 4 is 33.5 Å². The molecular weight excluding hydrogens is 450 g/mol. The first-order valence-electron chi connectivity index (χ1n) is 9.64. The van der Waals surface area contributed by atoms with Crippen LogP contribution in [0.15, 0.2) is 52.1 Å². The topological polar surface area (TPSA) is 57.0 Å². The number of hydrogen-bond acceptors (Lipinski definition) is 5. The Balaban J connectivity index is 1.34. The van der Waals surface area contributed by atoms with E-state index in [-0.39, 0.29) is 5.78 Å². The van der Waals surface area contributed by atoms with Crippen LogP contribution in [-0.4, -0.2) is 26.3 Å². The summed E-state index contributed by atoms with van der Waals surface area (Å²) in [7, 11) is 1.90. The minimum Gasteiger partial charge on any atom is -0.486 e. The Kier molecular flexibility index (Phi) is 6.35. The number of ketones is 1. The molecule has 0 fully saturated rings. The second-order valence-corrected chi connectivity index (χ2v) is 8.96. The van der Waals surface area contributed by atoms with Gasteiger partial charge in [-0.15, -0.1) is 10.2 Å². The van der Waals surface area contributed by atoms with Crippen LogP contribution in [0.2, 0.25) is 0 Å². The Labute approximate surface area is 183 Å². The van der Waals surface area contributed by atoms with E-state index in [1.165, 1.54) is 42.2 Å². The van der Waals surface area contributed by atoms with Crippen LogP contribution in [0.25, 0.3) is 0 Å². The van der Waals surface area contributed by atoms with Crippen molar-refractivity contribution in [2.45, 2.75) is 37.4 Å². The number of carbonyl (C=O) groups excluding carboxylic acids is 1. The van der Waals surface area contributed by atoms with Gasteiger partial charge in [-0.2, -0.15) is 0 Å². The van der Waals surface area contributed by atoms with Crippen LogP contribution in [0, 0.1) is 0 Å². The zero-order chi connectivity index (χ0) is 20.2. The highest BCUT2D eigenvalue weighted by atomic mass is 79.9. The fraction of sp³-hybridized carbons (Fsp3) is 0.318. The molecule has 1 aliphatic carbocycles. The van der Waals surface area contributed by atoms with Crippen molar-refractivity contribution in [3.63, 3.8) is 0 Å². The predicted molar refractivity (Wildman–Crippen MR) is 118 cm³/mol. The molecule has 3 aromatic rings. The van der Waals surface area contributed by atoms with Gasteiger partial charge in [-0.25, -0.2) is 0 Å². The fourth-order valence-electron chi connectivity index (χ4n) is 3.39. The summed E-state index contributed by atoms with van der Waals surface area (Å²) in [5, 5.41) is 9.15. The Morgan fingerprint density at radius 2 is 1.86 bits per heavy atom. The van der Waals surface area contributed by atoms with Gasteiger partial charge in [-0.3, -0.25) is 4.79 Å². The Bertz CT molecular complexity index is 1020. The quantitative estimate of drug-likeness (QED) is 0.358. The van der Waals surface area contributed by atoms with E-state index in [1.54, 1.807) is 0 Å². The van der Waals surface area contributed by atoms with Crippen LogP contribution in [0.4, 0.5) is 0 Å². The van der Waals surface area contributed by atoms with Gasteiger partial charge in [0.1, 0.15) is 12.4 Å². The van der Waals surface area contributed by atoms with Crippen molar-refractivity contribution in [3.05, 3.63) is 69.5 Å². The SMILES string of the molecule is Cn1c(COc2ccc3c(c2)CCCC3)nnc1SCC(=O)c1ccc(Br)cc1. The molecule has 5 nitrogen and oxygen atoms in total.